The van der Waals surface area contributed by atoms with E-state index in [0.29, 0.717) is 18.5 Å². The molecule has 0 aromatic heterocycles. The topological polar surface area (TPSA) is 131 Å². The van der Waals surface area contributed by atoms with Crippen LogP contribution in [-0.4, -0.2) is 63.0 Å². The van der Waals surface area contributed by atoms with Crippen LogP contribution >= 0.6 is 0 Å². The number of hydrogen-bond acceptors (Lipinski definition) is 8. The van der Waals surface area contributed by atoms with Gasteiger partial charge >= 0.3 is 0 Å². The van der Waals surface area contributed by atoms with Crippen molar-refractivity contribution in [2.45, 2.75) is 23.8 Å². The quantitative estimate of drug-likeness (QED) is 0.440. The second kappa shape index (κ2) is 9.86. The van der Waals surface area contributed by atoms with E-state index in [-0.39, 0.29) is 21.8 Å². The van der Waals surface area contributed by atoms with Crippen LogP contribution in [-0.2, 0) is 14.8 Å². The van der Waals surface area contributed by atoms with E-state index in [1.807, 2.05) is 4.72 Å². The molecular weight excluding hydrogens is 448 g/mol. The molecule has 0 unspecified atom stereocenters. The van der Waals surface area contributed by atoms with Crippen LogP contribution in [0.4, 0.5) is 11.4 Å². The number of benzene rings is 2. The van der Waals surface area contributed by atoms with E-state index in [4.69, 9.17) is 4.74 Å². The monoisotopic (exact) mass is 474 g/mol. The third-order valence-electron chi connectivity index (χ3n) is 6.11. The Morgan fingerprint density at radius 3 is 2.42 bits per heavy atom. The maximum Gasteiger partial charge on any atom is 0.293 e. The number of amides is 1. The molecule has 10 nitrogen and oxygen atoms in total. The highest BCUT2D eigenvalue weighted by molar-refractivity contribution is 7.90. The molecular formula is C22H26N4O6S. The standard InChI is InChI=1S/C22H26N4O6S/c27-22(17-4-2-1-3-5-17)24-33(30,31)19-6-7-20(21(12-19)26(28)29)23-13-16-8-10-25(11-9-16)18-14-32-15-18/h1-7,12,16,18,23H,8-11,13-15H2,(H,24,27). The summed E-state index contributed by atoms with van der Waals surface area (Å²) >= 11 is 0. The van der Waals surface area contributed by atoms with Gasteiger partial charge in [0.15, 0.2) is 0 Å². The first kappa shape index (κ1) is 23.1. The Balaban J connectivity index is 1.40. The summed E-state index contributed by atoms with van der Waals surface area (Å²) in [5.41, 5.74) is 0.0713. The van der Waals surface area contributed by atoms with Crippen molar-refractivity contribution in [3.8, 4) is 0 Å². The summed E-state index contributed by atoms with van der Waals surface area (Å²) in [6.45, 7) is 4.08. The maximum absolute atomic E-state index is 12.6. The van der Waals surface area contributed by atoms with Gasteiger partial charge in [0, 0.05) is 18.2 Å². The minimum atomic E-state index is -4.27. The van der Waals surface area contributed by atoms with Gasteiger partial charge in [-0.2, -0.15) is 0 Å². The molecule has 0 aliphatic carbocycles. The molecule has 0 radical (unpaired) electrons. The Morgan fingerprint density at radius 2 is 1.82 bits per heavy atom. The number of rotatable bonds is 8. The third kappa shape index (κ3) is 5.49. The van der Waals surface area contributed by atoms with Gasteiger partial charge in [-0.25, -0.2) is 13.1 Å². The highest BCUT2D eigenvalue weighted by atomic mass is 32.2. The Morgan fingerprint density at radius 1 is 1.12 bits per heavy atom. The molecule has 2 fully saturated rings. The number of nitrogens with one attached hydrogen (secondary N) is 2. The van der Waals surface area contributed by atoms with E-state index in [9.17, 15) is 23.3 Å². The number of sulfonamides is 1. The molecule has 2 aromatic rings. The fourth-order valence-corrected chi connectivity index (χ4v) is 5.01. The number of carbonyl (C=O) groups excluding carboxylic acids is 1. The summed E-state index contributed by atoms with van der Waals surface area (Å²) in [7, 11) is -4.27. The lowest BCUT2D eigenvalue weighted by Gasteiger charge is -2.41. The smallest absolute Gasteiger partial charge is 0.293 e. The lowest BCUT2D eigenvalue weighted by molar-refractivity contribution is -0.384. The minimum Gasteiger partial charge on any atom is -0.379 e. The molecule has 0 bridgehead atoms. The first-order valence-electron chi connectivity index (χ1n) is 10.8. The van der Waals surface area contributed by atoms with Crippen LogP contribution in [0, 0.1) is 16.0 Å². The van der Waals surface area contributed by atoms with E-state index in [1.165, 1.54) is 24.3 Å². The van der Waals surface area contributed by atoms with Crippen molar-refractivity contribution in [2.24, 2.45) is 5.92 Å². The minimum absolute atomic E-state index is 0.171. The van der Waals surface area contributed by atoms with Gasteiger partial charge in [-0.05, 0) is 56.1 Å². The molecule has 2 aliphatic rings. The lowest BCUT2D eigenvalue weighted by atomic mass is 9.95. The molecule has 2 aliphatic heterocycles. The van der Waals surface area contributed by atoms with Gasteiger partial charge in [-0.3, -0.25) is 19.8 Å². The van der Waals surface area contributed by atoms with Crippen LogP contribution in [0.3, 0.4) is 0 Å². The van der Waals surface area contributed by atoms with Crippen molar-refractivity contribution >= 4 is 27.3 Å². The maximum atomic E-state index is 12.6. The van der Waals surface area contributed by atoms with Crippen LogP contribution in [0.25, 0.3) is 0 Å². The van der Waals surface area contributed by atoms with Crippen molar-refractivity contribution in [3.63, 3.8) is 0 Å². The van der Waals surface area contributed by atoms with E-state index in [1.54, 1.807) is 18.2 Å². The lowest BCUT2D eigenvalue weighted by Crippen LogP contribution is -2.52. The molecule has 4 rings (SSSR count). The van der Waals surface area contributed by atoms with Crippen LogP contribution < -0.4 is 10.0 Å². The first-order valence-corrected chi connectivity index (χ1v) is 12.3. The number of carbonyl (C=O) groups is 1. The number of anilines is 1. The van der Waals surface area contributed by atoms with Crippen molar-refractivity contribution < 1.29 is 22.9 Å². The van der Waals surface area contributed by atoms with Crippen molar-refractivity contribution in [2.75, 3.05) is 38.2 Å². The number of ether oxygens (including phenoxy) is 1. The second-order valence-electron chi connectivity index (χ2n) is 8.29. The van der Waals surface area contributed by atoms with Gasteiger partial charge in [0.05, 0.1) is 29.1 Å². The van der Waals surface area contributed by atoms with Gasteiger partial charge in [-0.15, -0.1) is 0 Å². The summed E-state index contributed by atoms with van der Waals surface area (Å²) in [5.74, 6) is -0.435. The number of likely N-dealkylation sites (tertiary alicyclic amines) is 1. The Kier molecular flexibility index (Phi) is 6.91. The summed E-state index contributed by atoms with van der Waals surface area (Å²) in [4.78, 5) is 25.3. The molecule has 1 amide bonds. The number of nitro benzene ring substituents is 1. The molecule has 2 saturated heterocycles. The molecule has 176 valence electrons. The number of nitrogens with zero attached hydrogens (tertiary/aromatic N) is 2. The van der Waals surface area contributed by atoms with Crippen molar-refractivity contribution in [1.29, 1.82) is 0 Å². The highest BCUT2D eigenvalue weighted by Gasteiger charge is 2.30. The fraction of sp³-hybridized carbons (Fsp3) is 0.409. The molecule has 0 saturated carbocycles. The molecule has 2 heterocycles. The van der Waals surface area contributed by atoms with Crippen LogP contribution in [0.15, 0.2) is 53.4 Å². The van der Waals surface area contributed by atoms with E-state index >= 15 is 0 Å². The van der Waals surface area contributed by atoms with Crippen LogP contribution in [0.1, 0.15) is 23.2 Å². The molecule has 2 N–H and O–H groups in total. The summed E-state index contributed by atoms with van der Waals surface area (Å²) in [6, 6.07) is 12.0. The van der Waals surface area contributed by atoms with Crippen LogP contribution in [0.2, 0.25) is 0 Å². The van der Waals surface area contributed by atoms with Gasteiger partial charge in [-0.1, -0.05) is 18.2 Å². The zero-order chi connectivity index (χ0) is 23.4. The fourth-order valence-electron chi connectivity index (χ4n) is 4.02. The van der Waals surface area contributed by atoms with Crippen molar-refractivity contribution in [1.82, 2.24) is 9.62 Å². The number of nitro groups is 1. The second-order valence-corrected chi connectivity index (χ2v) is 9.97. The normalized spacial score (nSPS) is 17.8. The average molecular weight is 475 g/mol. The van der Waals surface area contributed by atoms with Crippen LogP contribution in [0.5, 0.6) is 0 Å². The van der Waals surface area contributed by atoms with Gasteiger partial charge in [0.2, 0.25) is 0 Å². The summed E-state index contributed by atoms with van der Waals surface area (Å²) in [5, 5.41) is 14.7. The average Bonchev–Trinajstić information content (AvgIpc) is 2.77. The Labute approximate surface area is 192 Å². The highest BCUT2D eigenvalue weighted by Crippen LogP contribution is 2.29. The molecule has 2 aromatic carbocycles. The summed E-state index contributed by atoms with van der Waals surface area (Å²) in [6.07, 6.45) is 1.96. The molecule has 11 heteroatoms. The van der Waals surface area contributed by atoms with E-state index < -0.39 is 20.9 Å². The predicted molar refractivity (Wildman–Crippen MR) is 122 cm³/mol. The van der Waals surface area contributed by atoms with Gasteiger partial charge in [0.25, 0.3) is 21.6 Å². The largest absolute Gasteiger partial charge is 0.379 e. The molecule has 0 spiro atoms. The Hall–Kier alpha value is -3.02. The summed E-state index contributed by atoms with van der Waals surface area (Å²) < 4.78 is 32.5. The predicted octanol–water partition coefficient (Wildman–Crippen LogP) is 2.24. The zero-order valence-electron chi connectivity index (χ0n) is 18.0. The Bertz CT molecular complexity index is 1110. The van der Waals surface area contributed by atoms with Crippen molar-refractivity contribution in [3.05, 3.63) is 64.2 Å². The van der Waals surface area contributed by atoms with Gasteiger partial charge < -0.3 is 10.1 Å². The zero-order valence-corrected chi connectivity index (χ0v) is 18.8. The van der Waals surface area contributed by atoms with E-state index in [2.05, 4.69) is 10.2 Å². The van der Waals surface area contributed by atoms with E-state index in [0.717, 1.165) is 45.2 Å². The SMILES string of the molecule is O=C(NS(=O)(=O)c1ccc(NCC2CCN(C3COC3)CC2)c([N+](=O)[O-])c1)c1ccccc1. The third-order valence-corrected chi connectivity index (χ3v) is 7.44. The number of hydrogen-bond donors (Lipinski definition) is 2. The molecule has 33 heavy (non-hydrogen) atoms. The van der Waals surface area contributed by atoms with Gasteiger partial charge in [0.1, 0.15) is 5.69 Å². The number of piperidine rings is 1. The molecule has 0 atom stereocenters. The first-order chi connectivity index (χ1) is 15.8.